The second-order valence-electron chi connectivity index (χ2n) is 3.70. The van der Waals surface area contributed by atoms with Gasteiger partial charge in [-0.3, -0.25) is 9.48 Å². The first kappa shape index (κ1) is 8.57. The molecule has 0 aromatic carbocycles. The lowest BCUT2D eigenvalue weighted by Crippen LogP contribution is -2.36. The number of rotatable bonds is 1. The fraction of sp³-hybridized carbons (Fsp3) is 0.889. The van der Waals surface area contributed by atoms with Gasteiger partial charge in [-0.1, -0.05) is 0 Å². The Morgan fingerprint density at radius 1 is 1.36 bits per heavy atom. The molecule has 1 aliphatic rings. The lowest BCUT2D eigenvalue weighted by molar-refractivity contribution is -0.470. The van der Waals surface area contributed by atoms with E-state index in [-0.39, 0.29) is 0 Å². The van der Waals surface area contributed by atoms with Crippen molar-refractivity contribution in [3.63, 3.8) is 0 Å². The predicted molar refractivity (Wildman–Crippen MR) is 48.2 cm³/mol. The third kappa shape index (κ3) is 1.73. The van der Waals surface area contributed by atoms with Crippen LogP contribution in [0, 0.1) is 0 Å². The predicted octanol–water partition coefficient (Wildman–Crippen LogP) is 1.16. The molecule has 1 rings (SSSR count). The maximum Gasteiger partial charge on any atom is 0.246 e. The van der Waals surface area contributed by atoms with Crippen LogP contribution in [0.25, 0.3) is 0 Å². The molecule has 0 saturated carbocycles. The van der Waals surface area contributed by atoms with Crippen LogP contribution in [0.5, 0.6) is 0 Å². The Labute approximate surface area is 69.5 Å². The second kappa shape index (κ2) is 3.24. The maximum atomic E-state index is 2.49. The van der Waals surface area contributed by atoms with Crippen LogP contribution in [0.1, 0.15) is 26.7 Å². The number of hydrogen-bond donors (Lipinski definition) is 0. The van der Waals surface area contributed by atoms with E-state index in [1.807, 2.05) is 0 Å². The summed E-state index contributed by atoms with van der Waals surface area (Å²) in [6.45, 7) is 5.76. The highest BCUT2D eigenvalue weighted by molar-refractivity contribution is 5.79. The molecule has 0 unspecified atom stereocenters. The minimum Gasteiger partial charge on any atom is -0.271 e. The average molecular weight is 155 g/mol. The summed E-state index contributed by atoms with van der Waals surface area (Å²) in [6, 6.07) is 0.662. The van der Waals surface area contributed by atoms with Gasteiger partial charge in [0.2, 0.25) is 5.84 Å². The maximum absolute atomic E-state index is 2.49. The topological polar surface area (TPSA) is 6.25 Å². The first-order valence-electron chi connectivity index (χ1n) is 4.42. The van der Waals surface area contributed by atoms with E-state index in [1.165, 1.54) is 25.2 Å². The molecule has 2 nitrogen and oxygen atoms in total. The SMILES string of the molecule is CC(C)N1CCCC1=[N+](C)C. The van der Waals surface area contributed by atoms with E-state index in [0.717, 1.165) is 0 Å². The molecule has 0 aromatic rings. The number of hydrogen-bond acceptors (Lipinski definition) is 0. The molecule has 1 aliphatic heterocycles. The van der Waals surface area contributed by atoms with Gasteiger partial charge in [-0.15, -0.1) is 0 Å². The molecule has 0 spiro atoms. The molecule has 0 aromatic heterocycles. The monoisotopic (exact) mass is 155 g/mol. The largest absolute Gasteiger partial charge is 0.271 e. The van der Waals surface area contributed by atoms with Gasteiger partial charge in [0.15, 0.2) is 0 Å². The highest BCUT2D eigenvalue weighted by Crippen LogP contribution is 2.13. The van der Waals surface area contributed by atoms with Crippen LogP contribution in [0.3, 0.4) is 0 Å². The first-order chi connectivity index (χ1) is 5.13. The Kier molecular flexibility index (Phi) is 2.53. The Hall–Kier alpha value is -0.530. The fourth-order valence-electron chi connectivity index (χ4n) is 1.72. The molecule has 2 heteroatoms. The summed E-state index contributed by atoms with van der Waals surface area (Å²) in [5, 5.41) is 0. The van der Waals surface area contributed by atoms with Crippen molar-refractivity contribution >= 4 is 5.84 Å². The standard InChI is InChI=1S/C9H19N2/c1-8(2)11-7-5-6-9(11)10(3)4/h8H,5-7H2,1-4H3/q+1. The minimum absolute atomic E-state index is 0.662. The van der Waals surface area contributed by atoms with E-state index >= 15 is 0 Å². The van der Waals surface area contributed by atoms with E-state index in [0.29, 0.717) is 6.04 Å². The number of amidine groups is 1. The van der Waals surface area contributed by atoms with E-state index in [2.05, 4.69) is 37.4 Å². The highest BCUT2D eigenvalue weighted by atomic mass is 15.3. The van der Waals surface area contributed by atoms with Crippen LogP contribution in [0.2, 0.25) is 0 Å². The Morgan fingerprint density at radius 2 is 2.00 bits per heavy atom. The van der Waals surface area contributed by atoms with Crippen LogP contribution in [0.15, 0.2) is 0 Å². The van der Waals surface area contributed by atoms with Crippen molar-refractivity contribution in [1.82, 2.24) is 4.90 Å². The van der Waals surface area contributed by atoms with Crippen molar-refractivity contribution in [2.75, 3.05) is 20.6 Å². The molecular formula is C9H19N2+. The van der Waals surface area contributed by atoms with Gasteiger partial charge < -0.3 is 0 Å². The van der Waals surface area contributed by atoms with Crippen molar-refractivity contribution in [1.29, 1.82) is 0 Å². The molecule has 0 atom stereocenters. The number of likely N-dealkylation sites (tertiary alicyclic amines) is 1. The zero-order chi connectivity index (χ0) is 8.43. The zero-order valence-corrected chi connectivity index (χ0v) is 8.09. The Bertz CT molecular complexity index is 166. The Morgan fingerprint density at radius 3 is 2.36 bits per heavy atom. The van der Waals surface area contributed by atoms with Gasteiger partial charge >= 0.3 is 0 Å². The van der Waals surface area contributed by atoms with E-state index in [1.54, 1.807) is 0 Å². The van der Waals surface area contributed by atoms with Crippen LogP contribution in [-0.2, 0) is 0 Å². The minimum atomic E-state index is 0.662. The van der Waals surface area contributed by atoms with Crippen molar-refractivity contribution in [2.24, 2.45) is 0 Å². The summed E-state index contributed by atoms with van der Waals surface area (Å²) in [6.07, 6.45) is 2.58. The summed E-state index contributed by atoms with van der Waals surface area (Å²) in [5.74, 6) is 1.50. The van der Waals surface area contributed by atoms with Gasteiger partial charge in [-0.25, -0.2) is 0 Å². The summed E-state index contributed by atoms with van der Waals surface area (Å²) in [5.41, 5.74) is 0. The van der Waals surface area contributed by atoms with E-state index in [9.17, 15) is 0 Å². The van der Waals surface area contributed by atoms with Gasteiger partial charge in [-0.05, 0) is 20.3 Å². The second-order valence-corrected chi connectivity index (χ2v) is 3.70. The third-order valence-electron chi connectivity index (χ3n) is 2.27. The molecular weight excluding hydrogens is 136 g/mol. The summed E-state index contributed by atoms with van der Waals surface area (Å²) < 4.78 is 2.24. The highest BCUT2D eigenvalue weighted by Gasteiger charge is 2.28. The normalized spacial score (nSPS) is 18.3. The molecule has 0 aliphatic carbocycles. The summed E-state index contributed by atoms with van der Waals surface area (Å²) in [7, 11) is 4.27. The van der Waals surface area contributed by atoms with Crippen LogP contribution < -0.4 is 0 Å². The van der Waals surface area contributed by atoms with Crippen LogP contribution >= 0.6 is 0 Å². The lowest BCUT2D eigenvalue weighted by Gasteiger charge is -2.16. The van der Waals surface area contributed by atoms with Gasteiger partial charge in [-0.2, -0.15) is 0 Å². The van der Waals surface area contributed by atoms with Crippen molar-refractivity contribution in [2.45, 2.75) is 32.7 Å². The molecule has 11 heavy (non-hydrogen) atoms. The van der Waals surface area contributed by atoms with Crippen LogP contribution in [-0.4, -0.2) is 42.0 Å². The van der Waals surface area contributed by atoms with Gasteiger partial charge in [0.1, 0.15) is 0 Å². The van der Waals surface area contributed by atoms with Crippen LogP contribution in [0.4, 0.5) is 0 Å². The lowest BCUT2D eigenvalue weighted by atomic mass is 10.3. The molecule has 0 amide bonds. The van der Waals surface area contributed by atoms with E-state index in [4.69, 9.17) is 0 Å². The third-order valence-corrected chi connectivity index (χ3v) is 2.27. The summed E-state index contributed by atoms with van der Waals surface area (Å²) >= 11 is 0. The Balaban J connectivity index is 2.74. The van der Waals surface area contributed by atoms with E-state index < -0.39 is 0 Å². The molecule has 64 valence electrons. The van der Waals surface area contributed by atoms with Gasteiger partial charge in [0.05, 0.1) is 33.1 Å². The molecule has 0 N–H and O–H groups in total. The molecule has 1 saturated heterocycles. The average Bonchev–Trinajstić information content (AvgIpc) is 2.32. The quantitative estimate of drug-likeness (QED) is 0.515. The number of nitrogens with zero attached hydrogens (tertiary/aromatic N) is 2. The van der Waals surface area contributed by atoms with Gasteiger partial charge in [0, 0.05) is 0 Å². The van der Waals surface area contributed by atoms with Crippen molar-refractivity contribution < 1.29 is 4.58 Å². The molecule has 0 bridgehead atoms. The van der Waals surface area contributed by atoms with Gasteiger partial charge in [0.25, 0.3) is 0 Å². The zero-order valence-electron chi connectivity index (χ0n) is 8.09. The fourth-order valence-corrected chi connectivity index (χ4v) is 1.72. The van der Waals surface area contributed by atoms with Crippen molar-refractivity contribution in [3.05, 3.63) is 0 Å². The molecule has 1 fully saturated rings. The van der Waals surface area contributed by atoms with Crippen molar-refractivity contribution in [3.8, 4) is 0 Å². The molecule has 1 heterocycles. The smallest absolute Gasteiger partial charge is 0.246 e. The molecule has 0 radical (unpaired) electrons. The first-order valence-corrected chi connectivity index (χ1v) is 4.42. The summed E-state index contributed by atoms with van der Waals surface area (Å²) in [4.78, 5) is 2.49.